The van der Waals surface area contributed by atoms with Gasteiger partial charge in [0.1, 0.15) is 16.2 Å². The molecule has 130 valence electrons. The van der Waals surface area contributed by atoms with Crippen molar-refractivity contribution in [3.63, 3.8) is 0 Å². The van der Waals surface area contributed by atoms with Crippen molar-refractivity contribution in [3.05, 3.63) is 32.4 Å². The van der Waals surface area contributed by atoms with E-state index in [9.17, 15) is 4.79 Å². The molecular weight excluding hydrogens is 422 g/mol. The van der Waals surface area contributed by atoms with Crippen LogP contribution < -0.4 is 15.5 Å². The maximum absolute atomic E-state index is 12.7. The Morgan fingerprint density at radius 1 is 1.28 bits per heavy atom. The van der Waals surface area contributed by atoms with E-state index < -0.39 is 0 Å². The second kappa shape index (κ2) is 7.36. The predicted octanol–water partition coefficient (Wildman–Crippen LogP) is 3.57. The van der Waals surface area contributed by atoms with Gasteiger partial charge in [-0.25, -0.2) is 9.97 Å². The minimum absolute atomic E-state index is 0.158. The molecule has 3 aromatic heterocycles. The molecule has 6 nitrogen and oxygen atoms in total. The molecule has 0 spiro atoms. The Morgan fingerprint density at radius 2 is 2.20 bits per heavy atom. The molecule has 1 aliphatic rings. The van der Waals surface area contributed by atoms with Crippen molar-refractivity contribution in [3.8, 4) is 0 Å². The first-order chi connectivity index (χ1) is 12.2. The van der Waals surface area contributed by atoms with Gasteiger partial charge in [0.25, 0.3) is 5.91 Å². The standard InChI is InChI=1S/C16H16BrN5OS2/c17-11-8-24-9-12(11)20-15(23)10-7-25-16-14(10)21-13(6-19-16)22-4-1-2-18-3-5-22/h6-9,18H,1-5H2,(H,20,23). The number of aromatic nitrogens is 2. The molecule has 0 atom stereocenters. The van der Waals surface area contributed by atoms with Crippen molar-refractivity contribution >= 4 is 66.4 Å². The largest absolute Gasteiger partial charge is 0.354 e. The third-order valence-corrected chi connectivity index (χ3v) is 6.62. The lowest BCUT2D eigenvalue weighted by molar-refractivity contribution is 0.102. The minimum atomic E-state index is -0.158. The van der Waals surface area contributed by atoms with Crippen LogP contribution in [-0.4, -0.2) is 42.1 Å². The number of amides is 1. The average Bonchev–Trinajstić information content (AvgIpc) is 3.11. The molecule has 0 saturated carbocycles. The molecule has 3 aromatic rings. The second-order valence-corrected chi connectivity index (χ2v) is 8.17. The highest BCUT2D eigenvalue weighted by atomic mass is 79.9. The van der Waals surface area contributed by atoms with Gasteiger partial charge >= 0.3 is 0 Å². The van der Waals surface area contributed by atoms with Crippen LogP contribution in [0.15, 0.2) is 26.8 Å². The van der Waals surface area contributed by atoms with Crippen molar-refractivity contribution in [2.24, 2.45) is 0 Å². The number of anilines is 2. The average molecular weight is 438 g/mol. The topological polar surface area (TPSA) is 70.2 Å². The van der Waals surface area contributed by atoms with Crippen LogP contribution >= 0.6 is 38.6 Å². The summed E-state index contributed by atoms with van der Waals surface area (Å²) in [6.07, 6.45) is 2.88. The van der Waals surface area contributed by atoms with Gasteiger partial charge in [-0.2, -0.15) is 0 Å². The van der Waals surface area contributed by atoms with Gasteiger partial charge in [-0.1, -0.05) is 0 Å². The SMILES string of the molecule is O=C(Nc1cscc1Br)c1csc2ncc(N3CCCNCC3)nc12. The van der Waals surface area contributed by atoms with E-state index >= 15 is 0 Å². The molecule has 1 fully saturated rings. The van der Waals surface area contributed by atoms with Crippen molar-refractivity contribution in [1.29, 1.82) is 0 Å². The van der Waals surface area contributed by atoms with E-state index in [4.69, 9.17) is 4.98 Å². The van der Waals surface area contributed by atoms with Crippen molar-refractivity contribution in [2.45, 2.75) is 6.42 Å². The number of fused-ring (bicyclic) bond motifs is 1. The Balaban J connectivity index is 1.64. The Bertz CT molecular complexity index is 901. The van der Waals surface area contributed by atoms with E-state index in [1.807, 2.05) is 16.1 Å². The van der Waals surface area contributed by atoms with Gasteiger partial charge in [0.15, 0.2) is 0 Å². The number of carbonyl (C=O) groups is 1. The van der Waals surface area contributed by atoms with Crippen LogP contribution in [0.5, 0.6) is 0 Å². The van der Waals surface area contributed by atoms with E-state index in [2.05, 4.69) is 36.4 Å². The molecule has 1 saturated heterocycles. The molecule has 0 radical (unpaired) electrons. The number of thiophene rings is 2. The van der Waals surface area contributed by atoms with E-state index in [1.165, 1.54) is 22.7 Å². The summed E-state index contributed by atoms with van der Waals surface area (Å²) in [6, 6.07) is 0. The van der Waals surface area contributed by atoms with Crippen LogP contribution in [-0.2, 0) is 0 Å². The molecule has 25 heavy (non-hydrogen) atoms. The van der Waals surface area contributed by atoms with Crippen molar-refractivity contribution in [2.75, 3.05) is 36.4 Å². The fourth-order valence-electron chi connectivity index (χ4n) is 2.75. The fraction of sp³-hybridized carbons (Fsp3) is 0.312. The summed E-state index contributed by atoms with van der Waals surface area (Å²) in [5, 5.41) is 12.0. The third kappa shape index (κ3) is 3.55. The molecule has 0 unspecified atom stereocenters. The Hall–Kier alpha value is -1.55. The zero-order valence-corrected chi connectivity index (χ0v) is 16.5. The van der Waals surface area contributed by atoms with Gasteiger partial charge in [0.2, 0.25) is 0 Å². The van der Waals surface area contributed by atoms with Crippen LogP contribution in [0.3, 0.4) is 0 Å². The van der Waals surface area contributed by atoms with Crippen molar-refractivity contribution < 1.29 is 4.79 Å². The quantitative estimate of drug-likeness (QED) is 0.655. The first-order valence-electron chi connectivity index (χ1n) is 7.95. The molecule has 1 aliphatic heterocycles. The fourth-order valence-corrected chi connectivity index (χ4v) is 4.90. The van der Waals surface area contributed by atoms with Crippen LogP contribution in [0, 0.1) is 0 Å². The normalized spacial score (nSPS) is 15.3. The van der Waals surface area contributed by atoms with Gasteiger partial charge in [-0.05, 0) is 28.9 Å². The third-order valence-electron chi connectivity index (χ3n) is 4.04. The summed E-state index contributed by atoms with van der Waals surface area (Å²) >= 11 is 6.41. The first-order valence-corrected chi connectivity index (χ1v) is 10.6. The molecular formula is C16H16BrN5OS2. The number of nitrogens with zero attached hydrogens (tertiary/aromatic N) is 3. The highest BCUT2D eigenvalue weighted by molar-refractivity contribution is 9.10. The predicted molar refractivity (Wildman–Crippen MR) is 107 cm³/mol. The van der Waals surface area contributed by atoms with Gasteiger partial charge in [-0.15, -0.1) is 22.7 Å². The van der Waals surface area contributed by atoms with E-state index in [0.717, 1.165) is 53.4 Å². The number of hydrogen-bond donors (Lipinski definition) is 2. The minimum Gasteiger partial charge on any atom is -0.354 e. The van der Waals surface area contributed by atoms with Crippen LogP contribution in [0.4, 0.5) is 11.5 Å². The molecule has 9 heteroatoms. The van der Waals surface area contributed by atoms with E-state index in [0.29, 0.717) is 11.1 Å². The van der Waals surface area contributed by atoms with Gasteiger partial charge in [0.05, 0.1) is 21.9 Å². The second-order valence-electron chi connectivity index (χ2n) is 5.71. The zero-order chi connectivity index (χ0) is 17.2. The van der Waals surface area contributed by atoms with Crippen molar-refractivity contribution in [1.82, 2.24) is 15.3 Å². The molecule has 1 amide bonds. The maximum Gasteiger partial charge on any atom is 0.258 e. The maximum atomic E-state index is 12.7. The highest BCUT2D eigenvalue weighted by Gasteiger charge is 2.18. The summed E-state index contributed by atoms with van der Waals surface area (Å²) in [5.41, 5.74) is 2.01. The Morgan fingerprint density at radius 3 is 3.04 bits per heavy atom. The number of nitrogens with one attached hydrogen (secondary N) is 2. The van der Waals surface area contributed by atoms with Gasteiger partial charge in [-0.3, -0.25) is 4.79 Å². The summed E-state index contributed by atoms with van der Waals surface area (Å²) in [5.74, 6) is 0.676. The molecule has 0 bridgehead atoms. The highest BCUT2D eigenvalue weighted by Crippen LogP contribution is 2.29. The lowest BCUT2D eigenvalue weighted by atomic mass is 10.2. The molecule has 0 aromatic carbocycles. The van der Waals surface area contributed by atoms with E-state index in [-0.39, 0.29) is 5.91 Å². The monoisotopic (exact) mass is 437 g/mol. The number of halogens is 1. The Labute approximate surface area is 161 Å². The lowest BCUT2D eigenvalue weighted by Crippen LogP contribution is -2.28. The summed E-state index contributed by atoms with van der Waals surface area (Å²) in [6.45, 7) is 3.80. The lowest BCUT2D eigenvalue weighted by Gasteiger charge is -2.20. The van der Waals surface area contributed by atoms with Crippen LogP contribution in [0.2, 0.25) is 0 Å². The van der Waals surface area contributed by atoms with Gasteiger partial charge in [0, 0.05) is 35.8 Å². The van der Waals surface area contributed by atoms with Gasteiger partial charge < -0.3 is 15.5 Å². The summed E-state index contributed by atoms with van der Waals surface area (Å²) in [4.78, 5) is 24.9. The number of rotatable bonds is 3. The number of hydrogen-bond acceptors (Lipinski definition) is 7. The smallest absolute Gasteiger partial charge is 0.258 e. The number of carbonyl (C=O) groups excluding carboxylic acids is 1. The van der Waals surface area contributed by atoms with Crippen LogP contribution in [0.25, 0.3) is 10.3 Å². The zero-order valence-electron chi connectivity index (χ0n) is 13.3. The summed E-state index contributed by atoms with van der Waals surface area (Å²) in [7, 11) is 0. The van der Waals surface area contributed by atoms with Crippen LogP contribution in [0.1, 0.15) is 16.8 Å². The molecule has 2 N–H and O–H groups in total. The molecule has 4 heterocycles. The Kier molecular flexibility index (Phi) is 4.98. The molecule has 0 aliphatic carbocycles. The molecule has 4 rings (SSSR count). The first kappa shape index (κ1) is 16.9. The van der Waals surface area contributed by atoms with E-state index in [1.54, 1.807) is 6.20 Å². The summed E-state index contributed by atoms with van der Waals surface area (Å²) < 4.78 is 0.884.